The van der Waals surface area contributed by atoms with Crippen molar-refractivity contribution in [1.29, 1.82) is 0 Å². The van der Waals surface area contributed by atoms with E-state index in [2.05, 4.69) is 25.6 Å². The predicted octanol–water partition coefficient (Wildman–Crippen LogP) is 4.95. The van der Waals surface area contributed by atoms with Crippen molar-refractivity contribution in [1.82, 2.24) is 24.9 Å². The van der Waals surface area contributed by atoms with Crippen molar-refractivity contribution < 1.29 is 27.4 Å². The molecule has 9 nitrogen and oxygen atoms in total. The highest BCUT2D eigenvalue weighted by atomic mass is 19.4. The van der Waals surface area contributed by atoms with E-state index in [1.54, 1.807) is 22.6 Å². The van der Waals surface area contributed by atoms with E-state index >= 15 is 0 Å². The minimum atomic E-state index is -4.87. The Morgan fingerprint density at radius 1 is 1.14 bits per heavy atom. The molecule has 2 aromatic heterocycles. The van der Waals surface area contributed by atoms with Gasteiger partial charge in [-0.1, -0.05) is 24.3 Å². The summed E-state index contributed by atoms with van der Waals surface area (Å²) in [6.07, 6.45) is -1.39. The van der Waals surface area contributed by atoms with E-state index in [1.807, 2.05) is 43.5 Å². The van der Waals surface area contributed by atoms with Gasteiger partial charge in [-0.2, -0.15) is 10.2 Å². The Morgan fingerprint density at radius 3 is 2.54 bits per heavy atom. The first-order chi connectivity index (χ1) is 17.6. The summed E-state index contributed by atoms with van der Waals surface area (Å²) in [5.41, 5.74) is 3.57. The third kappa shape index (κ3) is 6.28. The quantitative estimate of drug-likeness (QED) is 0.347. The number of rotatable bonds is 8. The molecule has 4 rings (SSSR count). The lowest BCUT2D eigenvalue weighted by Crippen LogP contribution is -2.30. The molecule has 12 heteroatoms. The predicted molar refractivity (Wildman–Crippen MR) is 130 cm³/mol. The molecule has 0 bridgehead atoms. The lowest BCUT2D eigenvalue weighted by atomic mass is 10.1. The van der Waals surface area contributed by atoms with E-state index in [9.17, 15) is 18.0 Å². The van der Waals surface area contributed by atoms with Gasteiger partial charge in [-0.15, -0.1) is 13.2 Å². The zero-order chi connectivity index (χ0) is 26.6. The van der Waals surface area contributed by atoms with Crippen LogP contribution in [0.5, 0.6) is 5.75 Å². The summed E-state index contributed by atoms with van der Waals surface area (Å²) in [6.45, 7) is 1.79. The van der Waals surface area contributed by atoms with Gasteiger partial charge < -0.3 is 14.8 Å². The number of anilines is 1. The molecule has 0 aliphatic rings. The third-order valence-corrected chi connectivity index (χ3v) is 5.43. The number of urea groups is 1. The smallest absolute Gasteiger partial charge is 0.405 e. The van der Waals surface area contributed by atoms with Crippen molar-refractivity contribution in [3.63, 3.8) is 0 Å². The molecule has 0 saturated carbocycles. The van der Waals surface area contributed by atoms with Gasteiger partial charge in [-0.25, -0.2) is 9.48 Å². The molecule has 0 fully saturated rings. The van der Waals surface area contributed by atoms with Gasteiger partial charge >= 0.3 is 12.4 Å². The molecule has 0 spiro atoms. The van der Waals surface area contributed by atoms with Gasteiger partial charge in [0.15, 0.2) is 0 Å². The van der Waals surface area contributed by atoms with Crippen LogP contribution in [0.3, 0.4) is 0 Å². The standard InChI is InChI=1S/C25H25F3N6O3/c1-16-22(19-13-30-33(2)14-19)32-34(20-7-5-4-6-8-20)23(16)31-24(35)29-12-18-11-17(15-36-3)9-10-21(18)37-25(26,27)28/h4-11,13-14H,12,15H2,1-3H3,(H2,29,31,35). The van der Waals surface area contributed by atoms with Gasteiger partial charge in [0, 0.05) is 43.6 Å². The van der Waals surface area contributed by atoms with Crippen molar-refractivity contribution in [3.8, 4) is 22.7 Å². The summed E-state index contributed by atoms with van der Waals surface area (Å²) in [7, 11) is 3.27. The molecule has 0 saturated heterocycles. The van der Waals surface area contributed by atoms with Crippen LogP contribution in [0.2, 0.25) is 0 Å². The highest BCUT2D eigenvalue weighted by Crippen LogP contribution is 2.31. The molecule has 0 unspecified atom stereocenters. The minimum Gasteiger partial charge on any atom is -0.405 e. The summed E-state index contributed by atoms with van der Waals surface area (Å²) in [5.74, 6) is -0.000485. The number of para-hydroxylation sites is 1. The number of benzene rings is 2. The average molecular weight is 515 g/mol. The third-order valence-electron chi connectivity index (χ3n) is 5.43. The molecule has 2 aromatic carbocycles. The number of hydrogen-bond donors (Lipinski definition) is 2. The Bertz CT molecular complexity index is 1380. The molecule has 37 heavy (non-hydrogen) atoms. The number of ether oxygens (including phenoxy) is 2. The van der Waals surface area contributed by atoms with Crippen LogP contribution < -0.4 is 15.4 Å². The second kappa shape index (κ2) is 10.7. The summed E-state index contributed by atoms with van der Waals surface area (Å²) < 4.78 is 51.1. The molecule has 2 amide bonds. The number of aryl methyl sites for hydroxylation is 1. The second-order valence-corrected chi connectivity index (χ2v) is 8.20. The van der Waals surface area contributed by atoms with Gasteiger partial charge in [-0.05, 0) is 36.8 Å². The topological polar surface area (TPSA) is 95.2 Å². The number of alkyl halides is 3. The first-order valence-corrected chi connectivity index (χ1v) is 11.2. The SMILES string of the molecule is COCc1ccc(OC(F)(F)F)c(CNC(=O)Nc2c(C)c(-c3cnn(C)c3)nn2-c2ccccc2)c1. The molecule has 0 radical (unpaired) electrons. The fraction of sp³-hybridized carbons (Fsp3) is 0.240. The maximum absolute atomic E-state index is 12.9. The number of nitrogens with zero attached hydrogens (tertiary/aromatic N) is 4. The molecule has 0 aliphatic carbocycles. The zero-order valence-electron chi connectivity index (χ0n) is 20.3. The minimum absolute atomic E-state index is 0.145. The van der Waals surface area contributed by atoms with Crippen molar-refractivity contribution in [2.75, 3.05) is 12.4 Å². The summed E-state index contributed by atoms with van der Waals surface area (Å²) in [6, 6.07) is 12.7. The molecule has 0 atom stereocenters. The van der Waals surface area contributed by atoms with Crippen LogP contribution in [0.15, 0.2) is 60.9 Å². The number of carbonyl (C=O) groups is 1. The van der Waals surface area contributed by atoms with E-state index in [0.29, 0.717) is 28.3 Å². The van der Waals surface area contributed by atoms with Crippen LogP contribution in [-0.2, 0) is 24.9 Å². The van der Waals surface area contributed by atoms with Crippen molar-refractivity contribution in [3.05, 3.63) is 77.6 Å². The average Bonchev–Trinajstić information content (AvgIpc) is 3.42. The number of hydrogen-bond acceptors (Lipinski definition) is 5. The fourth-order valence-electron chi connectivity index (χ4n) is 3.80. The number of amides is 2. The number of carbonyl (C=O) groups excluding carboxylic acids is 1. The molecule has 2 N–H and O–H groups in total. The molecular formula is C25H25F3N6O3. The molecule has 2 heterocycles. The lowest BCUT2D eigenvalue weighted by molar-refractivity contribution is -0.274. The molecule has 4 aromatic rings. The zero-order valence-corrected chi connectivity index (χ0v) is 20.3. The Kier molecular flexibility index (Phi) is 7.48. The number of methoxy groups -OCH3 is 1. The highest BCUT2D eigenvalue weighted by Gasteiger charge is 2.32. The monoisotopic (exact) mass is 514 g/mol. The Labute approximate surface area is 210 Å². The number of nitrogens with one attached hydrogen (secondary N) is 2. The van der Waals surface area contributed by atoms with Crippen molar-refractivity contribution in [2.45, 2.75) is 26.4 Å². The Morgan fingerprint density at radius 2 is 1.89 bits per heavy atom. The van der Waals surface area contributed by atoms with Crippen LogP contribution in [0, 0.1) is 6.92 Å². The van der Waals surface area contributed by atoms with E-state index in [1.165, 1.54) is 25.3 Å². The summed E-state index contributed by atoms with van der Waals surface area (Å²) in [5, 5.41) is 14.3. The number of aromatic nitrogens is 4. The Hall–Kier alpha value is -4.32. The molecule has 194 valence electrons. The van der Waals surface area contributed by atoms with Crippen molar-refractivity contribution in [2.24, 2.45) is 7.05 Å². The maximum atomic E-state index is 12.9. The Balaban J connectivity index is 1.59. The van der Waals surface area contributed by atoms with Crippen LogP contribution in [0.1, 0.15) is 16.7 Å². The van der Waals surface area contributed by atoms with E-state index in [-0.39, 0.29) is 18.7 Å². The maximum Gasteiger partial charge on any atom is 0.573 e. The van der Waals surface area contributed by atoms with E-state index < -0.39 is 18.1 Å². The van der Waals surface area contributed by atoms with Gasteiger partial charge in [0.2, 0.25) is 0 Å². The van der Waals surface area contributed by atoms with E-state index in [0.717, 1.165) is 5.56 Å². The largest absolute Gasteiger partial charge is 0.573 e. The fourth-order valence-corrected chi connectivity index (χ4v) is 3.80. The highest BCUT2D eigenvalue weighted by molar-refractivity contribution is 5.90. The molecule has 0 aliphatic heterocycles. The number of halogens is 3. The first kappa shape index (κ1) is 25.8. The van der Waals surface area contributed by atoms with Crippen LogP contribution in [-0.4, -0.2) is 39.1 Å². The van der Waals surface area contributed by atoms with Crippen LogP contribution in [0.4, 0.5) is 23.8 Å². The van der Waals surface area contributed by atoms with Gasteiger partial charge in [0.25, 0.3) is 0 Å². The van der Waals surface area contributed by atoms with Gasteiger partial charge in [0.05, 0.1) is 18.5 Å². The normalized spacial score (nSPS) is 11.4. The van der Waals surface area contributed by atoms with Crippen molar-refractivity contribution >= 4 is 11.8 Å². The summed E-state index contributed by atoms with van der Waals surface area (Å²) >= 11 is 0. The summed E-state index contributed by atoms with van der Waals surface area (Å²) in [4.78, 5) is 12.9. The first-order valence-electron chi connectivity index (χ1n) is 11.2. The van der Waals surface area contributed by atoms with Crippen LogP contribution in [0.25, 0.3) is 16.9 Å². The molecular weight excluding hydrogens is 489 g/mol. The van der Waals surface area contributed by atoms with Gasteiger partial charge in [-0.3, -0.25) is 10.00 Å². The lowest BCUT2D eigenvalue weighted by Gasteiger charge is -2.16. The van der Waals surface area contributed by atoms with Gasteiger partial charge in [0.1, 0.15) is 17.3 Å². The van der Waals surface area contributed by atoms with E-state index in [4.69, 9.17) is 4.74 Å². The van der Waals surface area contributed by atoms with Crippen LogP contribution >= 0.6 is 0 Å². The second-order valence-electron chi connectivity index (χ2n) is 8.20.